The largest absolute Gasteiger partial charge is 0.491 e. The van der Waals surface area contributed by atoms with Crippen LogP contribution in [0.4, 0.5) is 0 Å². The van der Waals surface area contributed by atoms with Crippen LogP contribution in [0.15, 0.2) is 27.8 Å². The van der Waals surface area contributed by atoms with E-state index in [-0.39, 0.29) is 11.7 Å². The fraction of sp³-hybridized carbons (Fsp3) is 0.357. The average molecular weight is 340 g/mol. The fourth-order valence-electron chi connectivity index (χ4n) is 2.13. The molecule has 2 heterocycles. The smallest absolute Gasteiger partial charge is 0.277 e. The molecule has 0 unspecified atom stereocenters. The van der Waals surface area contributed by atoms with E-state index >= 15 is 0 Å². The van der Waals surface area contributed by atoms with Crippen molar-refractivity contribution in [2.75, 3.05) is 18.9 Å². The number of carbonyl (C=O) groups excluding carboxylic acids is 1. The topological polar surface area (TPSA) is 68.5 Å². The Morgan fingerprint density at radius 3 is 3.09 bits per heavy atom. The number of hydrogen-bond donors (Lipinski definition) is 0. The minimum atomic E-state index is -0.00252. The van der Waals surface area contributed by atoms with Gasteiger partial charge in [-0.05, 0) is 18.2 Å². The SMILES string of the molecule is Cc1nnc(SCC(=O)N2CCOc3ccc(Cl)cc3C2)o1. The summed E-state index contributed by atoms with van der Waals surface area (Å²) in [6.07, 6.45) is 0. The first-order valence-corrected chi connectivity index (χ1v) is 8.10. The molecule has 0 saturated carbocycles. The number of carbonyl (C=O) groups is 1. The van der Waals surface area contributed by atoms with Crippen molar-refractivity contribution in [2.45, 2.75) is 18.7 Å². The number of hydrogen-bond acceptors (Lipinski definition) is 6. The van der Waals surface area contributed by atoms with Crippen molar-refractivity contribution in [1.82, 2.24) is 15.1 Å². The van der Waals surface area contributed by atoms with E-state index in [0.717, 1.165) is 11.3 Å². The van der Waals surface area contributed by atoms with Gasteiger partial charge in [-0.3, -0.25) is 4.79 Å². The summed E-state index contributed by atoms with van der Waals surface area (Å²) in [6, 6.07) is 5.45. The Morgan fingerprint density at radius 1 is 1.45 bits per heavy atom. The lowest BCUT2D eigenvalue weighted by Gasteiger charge is -2.19. The van der Waals surface area contributed by atoms with Crippen LogP contribution in [0.5, 0.6) is 5.75 Å². The molecule has 1 aliphatic heterocycles. The van der Waals surface area contributed by atoms with Crippen LogP contribution < -0.4 is 4.74 Å². The molecule has 3 rings (SSSR count). The van der Waals surface area contributed by atoms with E-state index in [1.165, 1.54) is 11.8 Å². The molecule has 116 valence electrons. The van der Waals surface area contributed by atoms with Crippen molar-refractivity contribution in [2.24, 2.45) is 0 Å². The number of benzene rings is 1. The second kappa shape index (κ2) is 6.58. The van der Waals surface area contributed by atoms with Crippen LogP contribution in [0, 0.1) is 6.92 Å². The second-order valence-corrected chi connectivity index (χ2v) is 6.15. The summed E-state index contributed by atoms with van der Waals surface area (Å²) >= 11 is 7.25. The standard InChI is InChI=1S/C14H14ClN3O3S/c1-9-16-17-14(21-9)22-8-13(19)18-4-5-20-12-3-2-11(15)6-10(12)7-18/h2-3,6H,4-5,7-8H2,1H3. The lowest BCUT2D eigenvalue weighted by Crippen LogP contribution is -2.33. The lowest BCUT2D eigenvalue weighted by atomic mass is 10.2. The van der Waals surface area contributed by atoms with Crippen LogP contribution >= 0.6 is 23.4 Å². The van der Waals surface area contributed by atoms with Gasteiger partial charge in [0.15, 0.2) is 0 Å². The molecule has 22 heavy (non-hydrogen) atoms. The van der Waals surface area contributed by atoms with Gasteiger partial charge in [-0.2, -0.15) is 0 Å². The van der Waals surface area contributed by atoms with E-state index in [2.05, 4.69) is 10.2 Å². The molecule has 6 nitrogen and oxygen atoms in total. The minimum Gasteiger partial charge on any atom is -0.491 e. The van der Waals surface area contributed by atoms with Gasteiger partial charge in [-0.15, -0.1) is 10.2 Å². The summed E-state index contributed by atoms with van der Waals surface area (Å²) in [5, 5.41) is 8.63. The van der Waals surface area contributed by atoms with E-state index in [1.54, 1.807) is 17.9 Å². The monoisotopic (exact) mass is 339 g/mol. The molecule has 2 aromatic rings. The van der Waals surface area contributed by atoms with Crippen molar-refractivity contribution in [3.63, 3.8) is 0 Å². The van der Waals surface area contributed by atoms with E-state index < -0.39 is 0 Å². The molecule has 1 aromatic heterocycles. The molecule has 0 bridgehead atoms. The van der Waals surface area contributed by atoms with Crippen LogP contribution in [0.1, 0.15) is 11.5 Å². The first kappa shape index (κ1) is 15.2. The summed E-state index contributed by atoms with van der Waals surface area (Å²) < 4.78 is 10.9. The maximum atomic E-state index is 12.4. The highest BCUT2D eigenvalue weighted by atomic mass is 35.5. The van der Waals surface area contributed by atoms with Crippen LogP contribution in [0.2, 0.25) is 5.02 Å². The van der Waals surface area contributed by atoms with Gasteiger partial charge in [0.05, 0.1) is 12.3 Å². The number of aryl methyl sites for hydroxylation is 1. The molecule has 0 spiro atoms. The minimum absolute atomic E-state index is 0.00252. The third-order valence-corrected chi connectivity index (χ3v) is 4.22. The molecular formula is C14H14ClN3O3S. The van der Waals surface area contributed by atoms with Crippen LogP contribution in [-0.4, -0.2) is 39.9 Å². The molecule has 1 amide bonds. The Kier molecular flexibility index (Phi) is 4.54. The maximum Gasteiger partial charge on any atom is 0.277 e. The zero-order valence-electron chi connectivity index (χ0n) is 11.9. The van der Waals surface area contributed by atoms with Gasteiger partial charge in [-0.1, -0.05) is 23.4 Å². The van der Waals surface area contributed by atoms with Crippen molar-refractivity contribution < 1.29 is 13.9 Å². The summed E-state index contributed by atoms with van der Waals surface area (Å²) in [5.74, 6) is 1.51. The first-order chi connectivity index (χ1) is 10.6. The molecule has 8 heteroatoms. The number of amides is 1. The number of rotatable bonds is 3. The first-order valence-electron chi connectivity index (χ1n) is 6.74. The third-order valence-electron chi connectivity index (χ3n) is 3.18. The number of thioether (sulfide) groups is 1. The Balaban J connectivity index is 1.65. The van der Waals surface area contributed by atoms with E-state index in [9.17, 15) is 4.79 Å². The van der Waals surface area contributed by atoms with Gasteiger partial charge in [0, 0.05) is 24.1 Å². The van der Waals surface area contributed by atoms with E-state index in [1.807, 2.05) is 12.1 Å². The van der Waals surface area contributed by atoms with Gasteiger partial charge < -0.3 is 14.1 Å². The Hall–Kier alpha value is -1.73. The number of aromatic nitrogens is 2. The molecule has 0 fully saturated rings. The predicted octanol–water partition coefficient (Wildman–Crippen LogP) is 2.54. The van der Waals surface area contributed by atoms with Gasteiger partial charge in [0.25, 0.3) is 5.22 Å². The van der Waals surface area contributed by atoms with Crippen LogP contribution in [0.3, 0.4) is 0 Å². The molecular weight excluding hydrogens is 326 g/mol. The summed E-state index contributed by atoms with van der Waals surface area (Å²) in [7, 11) is 0. The van der Waals surface area contributed by atoms with Crippen molar-refractivity contribution in [3.05, 3.63) is 34.7 Å². The van der Waals surface area contributed by atoms with Gasteiger partial charge in [0.2, 0.25) is 11.8 Å². The Morgan fingerprint density at radius 2 is 2.32 bits per heavy atom. The van der Waals surface area contributed by atoms with E-state index in [4.69, 9.17) is 20.8 Å². The quantitative estimate of drug-likeness (QED) is 0.800. The summed E-state index contributed by atoms with van der Waals surface area (Å²) in [5.41, 5.74) is 0.914. The molecule has 0 saturated heterocycles. The Bertz CT molecular complexity index is 692. The van der Waals surface area contributed by atoms with E-state index in [0.29, 0.717) is 35.8 Å². The van der Waals surface area contributed by atoms with Crippen LogP contribution in [0.25, 0.3) is 0 Å². The van der Waals surface area contributed by atoms with Gasteiger partial charge in [0.1, 0.15) is 12.4 Å². The molecule has 1 aliphatic rings. The van der Waals surface area contributed by atoms with Gasteiger partial charge in [-0.25, -0.2) is 0 Å². The normalized spacial score (nSPS) is 14.2. The maximum absolute atomic E-state index is 12.4. The average Bonchev–Trinajstić information content (AvgIpc) is 2.79. The van der Waals surface area contributed by atoms with Crippen molar-refractivity contribution >= 4 is 29.3 Å². The highest BCUT2D eigenvalue weighted by Gasteiger charge is 2.20. The molecule has 0 atom stereocenters. The van der Waals surface area contributed by atoms with Crippen molar-refractivity contribution in [3.8, 4) is 5.75 Å². The number of ether oxygens (including phenoxy) is 1. The zero-order valence-corrected chi connectivity index (χ0v) is 13.5. The molecule has 0 aliphatic carbocycles. The predicted molar refractivity (Wildman–Crippen MR) is 82.1 cm³/mol. The van der Waals surface area contributed by atoms with Gasteiger partial charge >= 0.3 is 0 Å². The summed E-state index contributed by atoms with van der Waals surface area (Å²) in [4.78, 5) is 14.1. The zero-order chi connectivity index (χ0) is 15.5. The second-order valence-electron chi connectivity index (χ2n) is 4.79. The highest BCUT2D eigenvalue weighted by Crippen LogP contribution is 2.27. The lowest BCUT2D eigenvalue weighted by molar-refractivity contribution is -0.129. The number of fused-ring (bicyclic) bond motifs is 1. The third kappa shape index (κ3) is 3.53. The Labute approximate surface area is 136 Å². The fourth-order valence-corrected chi connectivity index (χ4v) is 3.03. The van der Waals surface area contributed by atoms with Crippen molar-refractivity contribution in [1.29, 1.82) is 0 Å². The number of nitrogens with zero attached hydrogens (tertiary/aromatic N) is 3. The molecule has 0 radical (unpaired) electrons. The highest BCUT2D eigenvalue weighted by molar-refractivity contribution is 7.99. The summed E-state index contributed by atoms with van der Waals surface area (Å²) in [6.45, 7) is 3.20. The molecule has 1 aromatic carbocycles. The van der Waals surface area contributed by atoms with Crippen LogP contribution in [-0.2, 0) is 11.3 Å². The molecule has 0 N–H and O–H groups in total. The number of halogens is 1.